The maximum Gasteiger partial charge on any atom is 0.340 e. The second-order valence-electron chi connectivity index (χ2n) is 7.90. The fourth-order valence-corrected chi connectivity index (χ4v) is 4.72. The maximum absolute atomic E-state index is 13.4. The van der Waals surface area contributed by atoms with E-state index in [1.807, 2.05) is 19.1 Å². The molecule has 0 aliphatic carbocycles. The van der Waals surface area contributed by atoms with E-state index >= 15 is 0 Å². The van der Waals surface area contributed by atoms with Gasteiger partial charge in [0.2, 0.25) is 5.75 Å². The first-order valence-corrected chi connectivity index (χ1v) is 11.0. The summed E-state index contributed by atoms with van der Waals surface area (Å²) in [5, 5.41) is 10.6. The van der Waals surface area contributed by atoms with E-state index in [1.165, 1.54) is 14.2 Å². The van der Waals surface area contributed by atoms with Crippen LogP contribution in [0.15, 0.2) is 24.3 Å². The number of carbonyl (C=O) groups excluding carboxylic acids is 1. The number of aryl methyl sites for hydroxylation is 1. The molecule has 34 heavy (non-hydrogen) atoms. The van der Waals surface area contributed by atoms with Gasteiger partial charge >= 0.3 is 5.97 Å². The number of aromatic nitrogens is 1. The highest BCUT2D eigenvalue weighted by Crippen LogP contribution is 2.48. The lowest BCUT2D eigenvalue weighted by Crippen LogP contribution is -2.15. The molecule has 180 valence electrons. The zero-order valence-electron chi connectivity index (χ0n) is 20.3. The molecule has 1 aromatic heterocycles. The number of methoxy groups -OCH3 is 4. The van der Waals surface area contributed by atoms with Crippen LogP contribution in [0.1, 0.15) is 28.5 Å². The summed E-state index contributed by atoms with van der Waals surface area (Å²) in [5.74, 6) is 1.29. The van der Waals surface area contributed by atoms with Gasteiger partial charge in [-0.3, -0.25) is 0 Å². The lowest BCUT2D eigenvalue weighted by molar-refractivity contribution is 0.0528. The van der Waals surface area contributed by atoms with Crippen molar-refractivity contribution < 1.29 is 33.6 Å². The molecular weight excluding hydrogens is 438 g/mol. The second-order valence-corrected chi connectivity index (χ2v) is 7.90. The number of hydrogen-bond acceptors (Lipinski definition) is 7. The Hall–Kier alpha value is -3.81. The highest BCUT2D eigenvalue weighted by Gasteiger charge is 2.33. The molecule has 1 aliphatic rings. The standard InChI is InChI=1S/C26H29NO7/c1-7-34-26(29)23-22(16-10-18(28)25(33-6)21(12-16)32-5)14(2)27-9-8-15-11-19(30-3)20(31-4)13-17(15)24(23)27/h10-13,28H,7-9H2,1-6H3. The van der Waals surface area contributed by atoms with E-state index in [9.17, 15) is 9.90 Å². The van der Waals surface area contributed by atoms with Crippen LogP contribution in [0.4, 0.5) is 0 Å². The van der Waals surface area contributed by atoms with Crippen LogP contribution >= 0.6 is 0 Å². The molecular formula is C26H29NO7. The van der Waals surface area contributed by atoms with Crippen molar-refractivity contribution in [1.82, 2.24) is 4.57 Å². The molecule has 0 unspecified atom stereocenters. The largest absolute Gasteiger partial charge is 0.504 e. The van der Waals surface area contributed by atoms with Gasteiger partial charge in [-0.05, 0) is 55.7 Å². The van der Waals surface area contributed by atoms with E-state index in [1.54, 1.807) is 33.3 Å². The fraction of sp³-hybridized carbons (Fsp3) is 0.346. The van der Waals surface area contributed by atoms with Crippen molar-refractivity contribution in [2.45, 2.75) is 26.8 Å². The number of benzene rings is 2. The fourth-order valence-electron chi connectivity index (χ4n) is 4.72. The van der Waals surface area contributed by atoms with E-state index in [-0.39, 0.29) is 18.1 Å². The van der Waals surface area contributed by atoms with Crippen LogP contribution in [-0.2, 0) is 17.7 Å². The van der Waals surface area contributed by atoms with Gasteiger partial charge in [0.15, 0.2) is 23.0 Å². The minimum Gasteiger partial charge on any atom is -0.504 e. The third-order valence-corrected chi connectivity index (χ3v) is 6.22. The Morgan fingerprint density at radius 3 is 2.26 bits per heavy atom. The zero-order chi connectivity index (χ0) is 24.6. The molecule has 8 heteroatoms. The average Bonchev–Trinajstić information content (AvgIpc) is 3.15. The lowest BCUT2D eigenvalue weighted by Gasteiger charge is -2.23. The average molecular weight is 468 g/mol. The number of rotatable bonds is 7. The third-order valence-electron chi connectivity index (χ3n) is 6.22. The van der Waals surface area contributed by atoms with E-state index in [0.29, 0.717) is 40.5 Å². The van der Waals surface area contributed by atoms with Crippen molar-refractivity contribution in [1.29, 1.82) is 0 Å². The van der Waals surface area contributed by atoms with Crippen molar-refractivity contribution in [3.63, 3.8) is 0 Å². The number of nitrogens with zero attached hydrogens (tertiary/aromatic N) is 1. The predicted octanol–water partition coefficient (Wildman–Crippen LogP) is 4.60. The molecule has 4 rings (SSSR count). The third kappa shape index (κ3) is 3.59. The number of aromatic hydroxyl groups is 1. The Balaban J connectivity index is 2.05. The number of carbonyl (C=O) groups is 1. The van der Waals surface area contributed by atoms with Gasteiger partial charge in [-0.2, -0.15) is 0 Å². The number of phenols is 1. The minimum atomic E-state index is -0.439. The maximum atomic E-state index is 13.4. The van der Waals surface area contributed by atoms with Gasteiger partial charge in [-0.1, -0.05) is 0 Å². The molecule has 0 saturated carbocycles. The summed E-state index contributed by atoms with van der Waals surface area (Å²) in [6.07, 6.45) is 0.761. The van der Waals surface area contributed by atoms with E-state index < -0.39 is 5.97 Å². The first-order chi connectivity index (χ1) is 16.4. The van der Waals surface area contributed by atoms with Gasteiger partial charge in [0.1, 0.15) is 0 Å². The van der Waals surface area contributed by atoms with E-state index in [0.717, 1.165) is 28.9 Å². The highest BCUT2D eigenvalue weighted by atomic mass is 16.5. The molecule has 3 aromatic rings. The number of ether oxygens (including phenoxy) is 5. The Bertz CT molecular complexity index is 1260. The summed E-state index contributed by atoms with van der Waals surface area (Å²) in [6, 6.07) is 7.19. The van der Waals surface area contributed by atoms with Gasteiger partial charge in [0.05, 0.1) is 46.3 Å². The molecule has 1 N–H and O–H groups in total. The highest BCUT2D eigenvalue weighted by molar-refractivity contribution is 6.06. The van der Waals surface area contributed by atoms with Crippen molar-refractivity contribution in [3.8, 4) is 51.1 Å². The summed E-state index contributed by atoms with van der Waals surface area (Å²) < 4.78 is 29.4. The van der Waals surface area contributed by atoms with Crippen molar-refractivity contribution >= 4 is 5.97 Å². The lowest BCUT2D eigenvalue weighted by atomic mass is 9.93. The molecule has 0 atom stereocenters. The van der Waals surface area contributed by atoms with Crippen LogP contribution in [0.2, 0.25) is 0 Å². The summed E-state index contributed by atoms with van der Waals surface area (Å²) in [7, 11) is 6.15. The van der Waals surface area contributed by atoms with Gasteiger partial charge < -0.3 is 33.4 Å². The van der Waals surface area contributed by atoms with Crippen molar-refractivity contribution in [2.24, 2.45) is 0 Å². The van der Waals surface area contributed by atoms with E-state index in [4.69, 9.17) is 23.7 Å². The van der Waals surface area contributed by atoms with Crippen molar-refractivity contribution in [2.75, 3.05) is 35.0 Å². The molecule has 1 aliphatic heterocycles. The number of phenolic OH excluding ortho intramolecular Hbond substituents is 1. The first kappa shape index (κ1) is 23.4. The van der Waals surface area contributed by atoms with Crippen LogP contribution in [0.25, 0.3) is 22.4 Å². The summed E-state index contributed by atoms with van der Waals surface area (Å²) in [5.41, 5.74) is 5.29. The number of hydrogen-bond donors (Lipinski definition) is 1. The van der Waals surface area contributed by atoms with Gasteiger partial charge in [0, 0.05) is 23.4 Å². The molecule has 2 heterocycles. The normalized spacial score (nSPS) is 11.9. The Kier molecular flexibility index (Phi) is 6.32. The minimum absolute atomic E-state index is 0.0814. The predicted molar refractivity (Wildman–Crippen MR) is 128 cm³/mol. The van der Waals surface area contributed by atoms with E-state index in [2.05, 4.69) is 4.57 Å². The Morgan fingerprint density at radius 2 is 1.65 bits per heavy atom. The van der Waals surface area contributed by atoms with Gasteiger partial charge in [-0.15, -0.1) is 0 Å². The molecule has 0 amide bonds. The Morgan fingerprint density at radius 1 is 0.971 bits per heavy atom. The summed E-state index contributed by atoms with van der Waals surface area (Å²) in [4.78, 5) is 13.4. The topological polar surface area (TPSA) is 88.4 Å². The smallest absolute Gasteiger partial charge is 0.340 e. The Labute approximate surface area is 198 Å². The van der Waals surface area contributed by atoms with Crippen LogP contribution in [0.5, 0.6) is 28.7 Å². The second kappa shape index (κ2) is 9.21. The molecule has 0 saturated heterocycles. The zero-order valence-corrected chi connectivity index (χ0v) is 20.3. The van der Waals surface area contributed by atoms with Crippen LogP contribution in [0.3, 0.4) is 0 Å². The molecule has 2 aromatic carbocycles. The molecule has 0 radical (unpaired) electrons. The van der Waals surface area contributed by atoms with Gasteiger partial charge in [0.25, 0.3) is 0 Å². The molecule has 8 nitrogen and oxygen atoms in total. The van der Waals surface area contributed by atoms with Gasteiger partial charge in [-0.25, -0.2) is 4.79 Å². The van der Waals surface area contributed by atoms with Crippen LogP contribution in [-0.4, -0.2) is 50.7 Å². The summed E-state index contributed by atoms with van der Waals surface area (Å²) in [6.45, 7) is 4.64. The van der Waals surface area contributed by atoms with Crippen molar-refractivity contribution in [3.05, 3.63) is 41.1 Å². The first-order valence-electron chi connectivity index (χ1n) is 11.0. The monoisotopic (exact) mass is 467 g/mol. The summed E-state index contributed by atoms with van der Waals surface area (Å²) >= 11 is 0. The molecule has 0 spiro atoms. The quantitative estimate of drug-likeness (QED) is 0.508. The number of esters is 1. The SMILES string of the molecule is CCOC(=O)c1c(-c2cc(O)c(OC)c(OC)c2)c(C)n2c1-c1cc(OC)c(OC)cc1CC2. The molecule has 0 fully saturated rings. The van der Waals surface area contributed by atoms with Crippen LogP contribution < -0.4 is 18.9 Å². The van der Waals surface area contributed by atoms with Crippen LogP contribution in [0, 0.1) is 6.92 Å². The number of fused-ring (bicyclic) bond motifs is 3. The molecule has 0 bridgehead atoms.